The summed E-state index contributed by atoms with van der Waals surface area (Å²) < 4.78 is 5.57. The van der Waals surface area contributed by atoms with Crippen molar-refractivity contribution in [1.29, 1.82) is 0 Å². The molecule has 162 valence electrons. The van der Waals surface area contributed by atoms with Crippen molar-refractivity contribution in [3.63, 3.8) is 0 Å². The van der Waals surface area contributed by atoms with E-state index in [4.69, 9.17) is 4.74 Å². The quantitative estimate of drug-likeness (QED) is 0.177. The standard InChI is InChI=1S/C25H46OSSi/c1-24(2)26-20-22-27-21-16-11-9-7-5-6-8-10-12-17-23-28(3,4)25-18-14-13-15-19-25/h13-15,18-19,24H,5-12,16-17,20-23H2,1-4H3. The van der Waals surface area contributed by atoms with Gasteiger partial charge in [0.15, 0.2) is 0 Å². The number of rotatable bonds is 18. The van der Waals surface area contributed by atoms with Crippen LogP contribution in [0, 0.1) is 0 Å². The lowest BCUT2D eigenvalue weighted by Gasteiger charge is -2.22. The van der Waals surface area contributed by atoms with Gasteiger partial charge in [0.1, 0.15) is 0 Å². The molecule has 0 aliphatic rings. The number of hydrogen-bond donors (Lipinski definition) is 0. The smallest absolute Gasteiger partial charge is 0.0806 e. The molecule has 0 saturated heterocycles. The molecule has 0 saturated carbocycles. The molecule has 0 spiro atoms. The van der Waals surface area contributed by atoms with Gasteiger partial charge in [0.25, 0.3) is 0 Å². The lowest BCUT2D eigenvalue weighted by atomic mass is 10.1. The van der Waals surface area contributed by atoms with E-state index in [2.05, 4.69) is 69.0 Å². The summed E-state index contributed by atoms with van der Waals surface area (Å²) in [7, 11) is -1.20. The average Bonchev–Trinajstić information content (AvgIpc) is 2.68. The van der Waals surface area contributed by atoms with Gasteiger partial charge >= 0.3 is 0 Å². The zero-order chi connectivity index (χ0) is 20.5. The molecule has 0 bridgehead atoms. The van der Waals surface area contributed by atoms with Gasteiger partial charge in [-0.1, -0.05) is 112 Å². The van der Waals surface area contributed by atoms with Crippen LogP contribution in [0.3, 0.4) is 0 Å². The highest BCUT2D eigenvalue weighted by Crippen LogP contribution is 2.17. The van der Waals surface area contributed by atoms with Crippen LogP contribution in [-0.2, 0) is 4.74 Å². The van der Waals surface area contributed by atoms with Gasteiger partial charge < -0.3 is 4.74 Å². The van der Waals surface area contributed by atoms with Crippen LogP contribution in [0.5, 0.6) is 0 Å². The van der Waals surface area contributed by atoms with E-state index in [0.29, 0.717) is 6.10 Å². The largest absolute Gasteiger partial charge is 0.378 e. The summed E-state index contributed by atoms with van der Waals surface area (Å²) in [5.41, 5.74) is 0. The molecule has 1 nitrogen and oxygen atoms in total. The van der Waals surface area contributed by atoms with Crippen LogP contribution < -0.4 is 5.19 Å². The van der Waals surface area contributed by atoms with Gasteiger partial charge in [-0.25, -0.2) is 0 Å². The second-order valence-electron chi connectivity index (χ2n) is 9.07. The molecule has 0 fully saturated rings. The van der Waals surface area contributed by atoms with Crippen molar-refractivity contribution in [2.45, 2.75) is 103 Å². The Morgan fingerprint density at radius 2 is 1.29 bits per heavy atom. The topological polar surface area (TPSA) is 9.23 Å². The lowest BCUT2D eigenvalue weighted by Crippen LogP contribution is -2.40. The second kappa shape index (κ2) is 16.5. The Bertz CT molecular complexity index is 461. The first kappa shape index (κ1) is 25.8. The van der Waals surface area contributed by atoms with Gasteiger partial charge in [0.05, 0.1) is 20.8 Å². The minimum atomic E-state index is -1.20. The van der Waals surface area contributed by atoms with Crippen molar-refractivity contribution in [1.82, 2.24) is 0 Å². The van der Waals surface area contributed by atoms with Crippen LogP contribution in [0.4, 0.5) is 0 Å². The van der Waals surface area contributed by atoms with E-state index < -0.39 is 8.07 Å². The van der Waals surface area contributed by atoms with Gasteiger partial charge in [0.2, 0.25) is 0 Å². The number of hydrogen-bond acceptors (Lipinski definition) is 2. The Balaban J connectivity index is 1.82. The highest BCUT2D eigenvalue weighted by Gasteiger charge is 2.21. The second-order valence-corrected chi connectivity index (χ2v) is 15.1. The molecule has 0 aliphatic carbocycles. The van der Waals surface area contributed by atoms with E-state index in [1.54, 1.807) is 5.19 Å². The maximum atomic E-state index is 5.57. The summed E-state index contributed by atoms with van der Waals surface area (Å²) in [6.07, 6.45) is 14.7. The van der Waals surface area contributed by atoms with E-state index in [0.717, 1.165) is 12.4 Å². The average molecular weight is 423 g/mol. The van der Waals surface area contributed by atoms with Crippen molar-refractivity contribution in [2.24, 2.45) is 0 Å². The molecule has 0 unspecified atom stereocenters. The molecular formula is C25H46OSSi. The summed E-state index contributed by atoms with van der Waals surface area (Å²) >= 11 is 2.05. The molecule has 28 heavy (non-hydrogen) atoms. The first-order chi connectivity index (χ1) is 13.5. The number of thioether (sulfide) groups is 1. The highest BCUT2D eigenvalue weighted by atomic mass is 32.2. The molecule has 0 radical (unpaired) electrons. The summed E-state index contributed by atoms with van der Waals surface area (Å²) in [6, 6.07) is 12.7. The molecular weight excluding hydrogens is 376 g/mol. The van der Waals surface area contributed by atoms with E-state index in [1.165, 1.54) is 76.0 Å². The summed E-state index contributed by atoms with van der Waals surface area (Å²) in [5, 5.41) is 1.62. The third-order valence-corrected chi connectivity index (χ3v) is 10.1. The molecule has 0 aromatic heterocycles. The summed E-state index contributed by atoms with van der Waals surface area (Å²) in [4.78, 5) is 0. The van der Waals surface area contributed by atoms with Crippen molar-refractivity contribution < 1.29 is 4.74 Å². The van der Waals surface area contributed by atoms with Crippen LogP contribution in [0.2, 0.25) is 19.1 Å². The van der Waals surface area contributed by atoms with Crippen molar-refractivity contribution in [2.75, 3.05) is 18.1 Å². The normalized spacial score (nSPS) is 12.0. The Morgan fingerprint density at radius 1 is 0.750 bits per heavy atom. The SMILES string of the molecule is CC(C)OCCSCCCCCCCCCCCC[Si](C)(C)c1ccccc1. The van der Waals surface area contributed by atoms with E-state index in [9.17, 15) is 0 Å². The van der Waals surface area contributed by atoms with Crippen molar-refractivity contribution in [3.8, 4) is 0 Å². The molecule has 1 aromatic carbocycles. The lowest BCUT2D eigenvalue weighted by molar-refractivity contribution is 0.0920. The van der Waals surface area contributed by atoms with Gasteiger partial charge in [-0.2, -0.15) is 11.8 Å². The van der Waals surface area contributed by atoms with Crippen molar-refractivity contribution in [3.05, 3.63) is 30.3 Å². The first-order valence-corrected chi connectivity index (χ1v) is 16.1. The zero-order valence-corrected chi connectivity index (χ0v) is 21.0. The number of unbranched alkanes of at least 4 members (excludes halogenated alkanes) is 9. The molecule has 1 rings (SSSR count). The van der Waals surface area contributed by atoms with Gasteiger partial charge in [-0.05, 0) is 26.0 Å². The molecule has 1 aromatic rings. The van der Waals surface area contributed by atoms with Gasteiger partial charge in [-0.15, -0.1) is 0 Å². The molecule has 0 heterocycles. The molecule has 0 amide bonds. The van der Waals surface area contributed by atoms with Crippen LogP contribution in [0.25, 0.3) is 0 Å². The number of ether oxygens (including phenoxy) is 1. The van der Waals surface area contributed by atoms with Gasteiger partial charge in [-0.3, -0.25) is 0 Å². The van der Waals surface area contributed by atoms with Crippen molar-refractivity contribution >= 4 is 25.0 Å². The monoisotopic (exact) mass is 422 g/mol. The van der Waals surface area contributed by atoms with Crippen LogP contribution in [0.15, 0.2) is 30.3 Å². The third-order valence-electron chi connectivity index (χ3n) is 5.57. The molecule has 0 atom stereocenters. The maximum absolute atomic E-state index is 5.57. The first-order valence-electron chi connectivity index (χ1n) is 11.8. The third kappa shape index (κ3) is 13.8. The molecule has 0 N–H and O–H groups in total. The zero-order valence-electron chi connectivity index (χ0n) is 19.2. The van der Waals surface area contributed by atoms with Crippen LogP contribution >= 0.6 is 11.8 Å². The van der Waals surface area contributed by atoms with E-state index in [1.807, 2.05) is 0 Å². The minimum Gasteiger partial charge on any atom is -0.378 e. The highest BCUT2D eigenvalue weighted by molar-refractivity contribution is 7.99. The van der Waals surface area contributed by atoms with E-state index >= 15 is 0 Å². The Kier molecular flexibility index (Phi) is 15.2. The van der Waals surface area contributed by atoms with Crippen LogP contribution in [-0.4, -0.2) is 32.3 Å². The molecule has 3 heteroatoms. The van der Waals surface area contributed by atoms with E-state index in [-0.39, 0.29) is 0 Å². The summed E-state index contributed by atoms with van der Waals surface area (Å²) in [5.74, 6) is 2.47. The number of benzene rings is 1. The molecule has 0 aliphatic heterocycles. The fraction of sp³-hybridized carbons (Fsp3) is 0.760. The predicted octanol–water partition coefficient (Wildman–Crippen LogP) is 7.66. The summed E-state index contributed by atoms with van der Waals surface area (Å²) in [6.45, 7) is 10.2. The minimum absolute atomic E-state index is 0.378. The Hall–Kier alpha value is -0.253. The predicted molar refractivity (Wildman–Crippen MR) is 133 cm³/mol. The maximum Gasteiger partial charge on any atom is 0.0806 e. The Morgan fingerprint density at radius 3 is 1.86 bits per heavy atom. The fourth-order valence-electron chi connectivity index (χ4n) is 3.66. The fourth-order valence-corrected chi connectivity index (χ4v) is 7.01. The van der Waals surface area contributed by atoms with Gasteiger partial charge in [0, 0.05) is 5.75 Å². The Labute approximate surface area is 181 Å². The van der Waals surface area contributed by atoms with Crippen LogP contribution in [0.1, 0.15) is 78.1 Å².